The highest BCUT2D eigenvalue weighted by Crippen LogP contribution is 2.15. The average Bonchev–Trinajstić information content (AvgIpc) is 2.87. The van der Waals surface area contributed by atoms with Crippen LogP contribution < -0.4 is 0 Å². The molecule has 0 fully saturated rings. The second kappa shape index (κ2) is 32.0. The highest BCUT2D eigenvalue weighted by molar-refractivity contribution is 4.59. The summed E-state index contributed by atoms with van der Waals surface area (Å²) in [5.74, 6) is 0. The Bertz CT molecular complexity index is 352. The van der Waals surface area contributed by atoms with Crippen LogP contribution in [-0.2, 0) is 0 Å². The van der Waals surface area contributed by atoms with Crippen molar-refractivity contribution < 1.29 is 0 Å². The Morgan fingerprint density at radius 1 is 0.229 bits per heavy atom. The van der Waals surface area contributed by atoms with E-state index in [1.807, 2.05) is 0 Å². The van der Waals surface area contributed by atoms with E-state index in [9.17, 15) is 0 Å². The van der Waals surface area contributed by atoms with Crippen molar-refractivity contribution >= 4 is 0 Å². The van der Waals surface area contributed by atoms with Crippen molar-refractivity contribution in [3.05, 3.63) is 0 Å². The van der Waals surface area contributed by atoms with E-state index in [2.05, 4.69) is 25.7 Å². The molecule has 0 unspecified atom stereocenters. The van der Waals surface area contributed by atoms with Gasteiger partial charge in [-0.25, -0.2) is 0 Å². The van der Waals surface area contributed by atoms with Crippen LogP contribution in [0.2, 0.25) is 0 Å². The minimum absolute atomic E-state index is 1.32. The second-order valence-corrected chi connectivity index (χ2v) is 11.7. The van der Waals surface area contributed by atoms with Gasteiger partial charge in [-0.2, -0.15) is 0 Å². The second-order valence-electron chi connectivity index (χ2n) is 11.7. The molecule has 1 nitrogen and oxygen atoms in total. The standard InChI is InChI=1S/C34H71N/c1-4-7-9-11-13-15-17-19-20-21-23-25-27-29-31-34-35(32-6-3)33-30-28-26-24-22-18-16-14-12-10-8-5-2/h4-34H2,1-3H3. The Labute approximate surface area is 225 Å². The van der Waals surface area contributed by atoms with Gasteiger partial charge in [0, 0.05) is 0 Å². The maximum absolute atomic E-state index is 2.76. The molecule has 0 heterocycles. The fraction of sp³-hybridized carbons (Fsp3) is 1.00. The van der Waals surface area contributed by atoms with Crippen LogP contribution in [0.1, 0.15) is 201 Å². The smallest absolute Gasteiger partial charge is 0.00187 e. The van der Waals surface area contributed by atoms with E-state index in [1.54, 1.807) is 0 Å². The number of rotatable bonds is 31. The first kappa shape index (κ1) is 35.0. The summed E-state index contributed by atoms with van der Waals surface area (Å²) in [4.78, 5) is 2.76. The van der Waals surface area contributed by atoms with Gasteiger partial charge in [0.15, 0.2) is 0 Å². The SMILES string of the molecule is CCCCCCCCCCCCCCCCCN(CCC)CCCCCCCCCCCCCC. The van der Waals surface area contributed by atoms with Crippen LogP contribution >= 0.6 is 0 Å². The molecule has 0 saturated carbocycles. The molecular weight excluding hydrogens is 422 g/mol. The third kappa shape index (κ3) is 30.1. The molecule has 0 aliphatic heterocycles. The quantitative estimate of drug-likeness (QED) is 0.0867. The Morgan fingerprint density at radius 3 is 0.686 bits per heavy atom. The highest BCUT2D eigenvalue weighted by atomic mass is 15.1. The molecule has 0 spiro atoms. The number of hydrogen-bond acceptors (Lipinski definition) is 1. The molecule has 0 aliphatic rings. The Hall–Kier alpha value is -0.0400. The molecule has 0 atom stereocenters. The fourth-order valence-electron chi connectivity index (χ4n) is 5.53. The predicted octanol–water partition coefficient (Wildman–Crippen LogP) is 12.3. The van der Waals surface area contributed by atoms with E-state index >= 15 is 0 Å². The van der Waals surface area contributed by atoms with E-state index in [0.29, 0.717) is 0 Å². The van der Waals surface area contributed by atoms with Gasteiger partial charge in [-0.3, -0.25) is 0 Å². The van der Waals surface area contributed by atoms with Crippen molar-refractivity contribution in [1.29, 1.82) is 0 Å². The molecule has 0 bridgehead atoms. The summed E-state index contributed by atoms with van der Waals surface area (Å²) in [5.41, 5.74) is 0. The molecule has 0 aliphatic carbocycles. The van der Waals surface area contributed by atoms with Crippen LogP contribution in [0.15, 0.2) is 0 Å². The topological polar surface area (TPSA) is 3.24 Å². The van der Waals surface area contributed by atoms with Crippen LogP contribution in [0.5, 0.6) is 0 Å². The predicted molar refractivity (Wildman–Crippen MR) is 163 cm³/mol. The summed E-state index contributed by atoms with van der Waals surface area (Å²) < 4.78 is 0. The number of nitrogens with zero attached hydrogens (tertiary/aromatic N) is 1. The highest BCUT2D eigenvalue weighted by Gasteiger charge is 2.03. The molecule has 0 rings (SSSR count). The zero-order valence-corrected chi connectivity index (χ0v) is 25.4. The van der Waals surface area contributed by atoms with Gasteiger partial charge in [0.25, 0.3) is 0 Å². The van der Waals surface area contributed by atoms with E-state index in [1.165, 1.54) is 199 Å². The van der Waals surface area contributed by atoms with Gasteiger partial charge < -0.3 is 4.90 Å². The van der Waals surface area contributed by atoms with Crippen LogP contribution in [-0.4, -0.2) is 24.5 Å². The molecule has 0 amide bonds. The zero-order valence-electron chi connectivity index (χ0n) is 25.4. The Kier molecular flexibility index (Phi) is 32.0. The van der Waals surface area contributed by atoms with E-state index in [0.717, 1.165) is 0 Å². The van der Waals surface area contributed by atoms with Crippen molar-refractivity contribution in [2.45, 2.75) is 201 Å². The van der Waals surface area contributed by atoms with E-state index in [4.69, 9.17) is 0 Å². The normalized spacial score (nSPS) is 11.7. The summed E-state index contributed by atoms with van der Waals surface area (Å²) in [6, 6.07) is 0. The summed E-state index contributed by atoms with van der Waals surface area (Å²) in [5, 5.41) is 0. The first-order chi connectivity index (χ1) is 17.3. The van der Waals surface area contributed by atoms with Crippen LogP contribution in [0, 0.1) is 0 Å². The van der Waals surface area contributed by atoms with Gasteiger partial charge in [-0.15, -0.1) is 0 Å². The van der Waals surface area contributed by atoms with Gasteiger partial charge in [-0.1, -0.05) is 181 Å². The molecule has 212 valence electrons. The van der Waals surface area contributed by atoms with E-state index in [-0.39, 0.29) is 0 Å². The summed E-state index contributed by atoms with van der Waals surface area (Å²) >= 11 is 0. The van der Waals surface area contributed by atoms with Crippen molar-refractivity contribution in [2.75, 3.05) is 19.6 Å². The van der Waals surface area contributed by atoms with Crippen LogP contribution in [0.3, 0.4) is 0 Å². The number of hydrogen-bond donors (Lipinski definition) is 0. The Balaban J connectivity index is 3.37. The molecule has 35 heavy (non-hydrogen) atoms. The fourth-order valence-corrected chi connectivity index (χ4v) is 5.53. The lowest BCUT2D eigenvalue weighted by atomic mass is 10.0. The molecule has 0 radical (unpaired) electrons. The van der Waals surface area contributed by atoms with Gasteiger partial charge >= 0.3 is 0 Å². The maximum Gasteiger partial charge on any atom is -0.00187 e. The summed E-state index contributed by atoms with van der Waals surface area (Å²) in [7, 11) is 0. The largest absolute Gasteiger partial charge is 0.303 e. The molecule has 0 aromatic rings. The maximum atomic E-state index is 2.76. The van der Waals surface area contributed by atoms with Gasteiger partial charge in [-0.05, 0) is 38.9 Å². The van der Waals surface area contributed by atoms with Gasteiger partial charge in [0.1, 0.15) is 0 Å². The lowest BCUT2D eigenvalue weighted by molar-refractivity contribution is 0.260. The Morgan fingerprint density at radius 2 is 0.457 bits per heavy atom. The van der Waals surface area contributed by atoms with Crippen LogP contribution in [0.4, 0.5) is 0 Å². The third-order valence-electron chi connectivity index (χ3n) is 7.95. The van der Waals surface area contributed by atoms with Gasteiger partial charge in [0.2, 0.25) is 0 Å². The van der Waals surface area contributed by atoms with Crippen molar-refractivity contribution in [2.24, 2.45) is 0 Å². The third-order valence-corrected chi connectivity index (χ3v) is 7.95. The monoisotopic (exact) mass is 494 g/mol. The molecule has 0 aromatic heterocycles. The zero-order chi connectivity index (χ0) is 25.5. The molecule has 1 heteroatoms. The summed E-state index contributed by atoms with van der Waals surface area (Å²) in [6.45, 7) is 11.0. The summed E-state index contributed by atoms with van der Waals surface area (Å²) in [6.07, 6.45) is 40.8. The molecule has 0 N–H and O–H groups in total. The van der Waals surface area contributed by atoms with Gasteiger partial charge in [0.05, 0.1) is 0 Å². The van der Waals surface area contributed by atoms with E-state index < -0.39 is 0 Å². The first-order valence-corrected chi connectivity index (χ1v) is 17.1. The van der Waals surface area contributed by atoms with Crippen molar-refractivity contribution in [3.8, 4) is 0 Å². The molecule has 0 saturated heterocycles. The average molecular weight is 494 g/mol. The number of unbranched alkanes of at least 4 members (excludes halogenated alkanes) is 25. The minimum atomic E-state index is 1.32. The van der Waals surface area contributed by atoms with Crippen molar-refractivity contribution in [3.63, 3.8) is 0 Å². The molecule has 0 aromatic carbocycles. The van der Waals surface area contributed by atoms with Crippen molar-refractivity contribution in [1.82, 2.24) is 4.90 Å². The lowest BCUT2D eigenvalue weighted by Crippen LogP contribution is -2.27. The molecular formula is C34H71N. The van der Waals surface area contributed by atoms with Crippen LogP contribution in [0.25, 0.3) is 0 Å². The minimum Gasteiger partial charge on any atom is -0.303 e. The first-order valence-electron chi connectivity index (χ1n) is 17.1. The lowest BCUT2D eigenvalue weighted by Gasteiger charge is -2.21.